The minimum absolute atomic E-state index is 0.0955. The van der Waals surface area contributed by atoms with Gasteiger partial charge in [0.25, 0.3) is 0 Å². The Bertz CT molecular complexity index is 520. The van der Waals surface area contributed by atoms with Crippen molar-refractivity contribution >= 4 is 15.8 Å². The van der Waals surface area contributed by atoms with Crippen molar-refractivity contribution in [3.05, 3.63) is 29.8 Å². The molecule has 16 heavy (non-hydrogen) atoms. The largest absolute Gasteiger partial charge is 0.465 e. The van der Waals surface area contributed by atoms with E-state index in [1.165, 1.54) is 31.4 Å². The summed E-state index contributed by atoms with van der Waals surface area (Å²) in [5, 5.41) is 0. The smallest absolute Gasteiger partial charge is 0.337 e. The Morgan fingerprint density at radius 3 is 2.38 bits per heavy atom. The van der Waals surface area contributed by atoms with Crippen LogP contribution in [0.1, 0.15) is 10.4 Å². The van der Waals surface area contributed by atoms with Crippen LogP contribution in [0.3, 0.4) is 0 Å². The second kappa shape index (κ2) is 4.81. The van der Waals surface area contributed by atoms with Gasteiger partial charge in [0.1, 0.15) is 5.75 Å². The molecule has 84 valence electrons. The van der Waals surface area contributed by atoms with Gasteiger partial charge < -0.3 is 4.74 Å². The molecule has 0 bridgehead atoms. The zero-order valence-electron chi connectivity index (χ0n) is 8.64. The second-order valence-corrected chi connectivity index (χ2v) is 4.97. The molecule has 0 saturated carbocycles. The summed E-state index contributed by atoms with van der Waals surface area (Å²) in [7, 11) is -2.19. The molecule has 0 heterocycles. The molecule has 0 radical (unpaired) electrons. The molecule has 1 aromatic rings. The van der Waals surface area contributed by atoms with Gasteiger partial charge >= 0.3 is 5.97 Å². The number of methoxy groups -OCH3 is 1. The number of hydrogen-bond donors (Lipinski definition) is 0. The van der Waals surface area contributed by atoms with E-state index < -0.39 is 15.8 Å². The lowest BCUT2D eigenvalue weighted by molar-refractivity contribution is 0.0600. The van der Waals surface area contributed by atoms with E-state index in [0.29, 0.717) is 5.56 Å². The highest BCUT2D eigenvalue weighted by Crippen LogP contribution is 2.12. The first-order chi connectivity index (χ1) is 7.51. The van der Waals surface area contributed by atoms with Crippen LogP contribution in [-0.2, 0) is 14.6 Å². The van der Waals surface area contributed by atoms with Crippen molar-refractivity contribution in [3.8, 4) is 12.3 Å². The minimum Gasteiger partial charge on any atom is -0.465 e. The zero-order chi connectivity index (χ0) is 12.2. The molecular formula is C11H10O4S. The second-order valence-electron chi connectivity index (χ2n) is 2.98. The van der Waals surface area contributed by atoms with Crippen molar-refractivity contribution in [3.63, 3.8) is 0 Å². The van der Waals surface area contributed by atoms with Gasteiger partial charge in [-0.05, 0) is 24.3 Å². The van der Waals surface area contributed by atoms with E-state index in [4.69, 9.17) is 6.42 Å². The number of sulfone groups is 1. The number of ether oxygens (including phenoxy) is 1. The average molecular weight is 238 g/mol. The van der Waals surface area contributed by atoms with E-state index in [9.17, 15) is 13.2 Å². The Kier molecular flexibility index (Phi) is 3.69. The molecule has 0 atom stereocenters. The molecule has 0 aliphatic heterocycles. The van der Waals surface area contributed by atoms with Crippen molar-refractivity contribution in [1.29, 1.82) is 0 Å². The van der Waals surface area contributed by atoms with Gasteiger partial charge in [-0.2, -0.15) is 0 Å². The van der Waals surface area contributed by atoms with Crippen LogP contribution in [0.5, 0.6) is 0 Å². The van der Waals surface area contributed by atoms with Gasteiger partial charge in [-0.3, -0.25) is 0 Å². The van der Waals surface area contributed by atoms with Gasteiger partial charge in [-0.15, -0.1) is 6.42 Å². The van der Waals surface area contributed by atoms with E-state index >= 15 is 0 Å². The molecule has 1 aromatic carbocycles. The predicted molar refractivity (Wildman–Crippen MR) is 58.7 cm³/mol. The third-order valence-electron chi connectivity index (χ3n) is 1.91. The number of esters is 1. The first-order valence-electron chi connectivity index (χ1n) is 4.36. The average Bonchev–Trinajstić information content (AvgIpc) is 2.28. The zero-order valence-corrected chi connectivity index (χ0v) is 9.45. The number of rotatable bonds is 3. The van der Waals surface area contributed by atoms with Crippen molar-refractivity contribution < 1.29 is 17.9 Å². The Hall–Kier alpha value is -1.80. The van der Waals surface area contributed by atoms with Crippen molar-refractivity contribution in [2.75, 3.05) is 12.9 Å². The van der Waals surface area contributed by atoms with E-state index in [1.807, 2.05) is 0 Å². The molecule has 0 aromatic heterocycles. The molecule has 4 nitrogen and oxygen atoms in total. The standard InChI is InChI=1S/C11H10O4S/c1-3-8-16(13,14)10-6-4-9(5-7-10)11(12)15-2/h1,4-7H,8H2,2H3. The fraction of sp³-hybridized carbons (Fsp3) is 0.182. The molecule has 0 fully saturated rings. The highest BCUT2D eigenvalue weighted by molar-refractivity contribution is 7.91. The number of terminal acetylenes is 1. The Morgan fingerprint density at radius 1 is 1.38 bits per heavy atom. The monoisotopic (exact) mass is 238 g/mol. The summed E-state index contributed by atoms with van der Waals surface area (Å²) < 4.78 is 27.5. The molecule has 0 amide bonds. The topological polar surface area (TPSA) is 60.4 Å². The summed E-state index contributed by atoms with van der Waals surface area (Å²) >= 11 is 0. The van der Waals surface area contributed by atoms with Gasteiger partial charge in [0.05, 0.1) is 17.6 Å². The summed E-state index contributed by atoms with van der Waals surface area (Å²) in [5.41, 5.74) is 0.294. The summed E-state index contributed by atoms with van der Waals surface area (Å²) in [5.74, 6) is 1.21. The first kappa shape index (κ1) is 12.3. The van der Waals surface area contributed by atoms with E-state index in [0.717, 1.165) is 0 Å². The number of hydrogen-bond acceptors (Lipinski definition) is 4. The summed E-state index contributed by atoms with van der Waals surface area (Å²) in [6.07, 6.45) is 4.95. The van der Waals surface area contributed by atoms with Gasteiger partial charge in [0, 0.05) is 0 Å². The predicted octanol–water partition coefficient (Wildman–Crippen LogP) is 0.880. The van der Waals surface area contributed by atoms with Crippen LogP contribution in [0.15, 0.2) is 29.2 Å². The number of benzene rings is 1. The lowest BCUT2D eigenvalue weighted by atomic mass is 10.2. The fourth-order valence-electron chi connectivity index (χ4n) is 1.11. The summed E-state index contributed by atoms with van der Waals surface area (Å²) in [4.78, 5) is 11.2. The highest BCUT2D eigenvalue weighted by atomic mass is 32.2. The van der Waals surface area contributed by atoms with Crippen LogP contribution < -0.4 is 0 Å². The molecule has 0 spiro atoms. The SMILES string of the molecule is C#CCS(=O)(=O)c1ccc(C(=O)OC)cc1. The first-order valence-corrected chi connectivity index (χ1v) is 6.01. The van der Waals surface area contributed by atoms with Gasteiger partial charge in [-0.25, -0.2) is 13.2 Å². The van der Waals surface area contributed by atoms with E-state index in [2.05, 4.69) is 10.7 Å². The maximum Gasteiger partial charge on any atom is 0.337 e. The molecular weight excluding hydrogens is 228 g/mol. The van der Waals surface area contributed by atoms with Crippen LogP contribution in [0.25, 0.3) is 0 Å². The lowest BCUT2D eigenvalue weighted by Crippen LogP contribution is -2.06. The van der Waals surface area contributed by atoms with Gasteiger partial charge in [-0.1, -0.05) is 5.92 Å². The molecule has 5 heteroatoms. The third-order valence-corrected chi connectivity index (χ3v) is 3.44. The molecule has 1 rings (SSSR count). The van der Waals surface area contributed by atoms with Crippen LogP contribution in [0.2, 0.25) is 0 Å². The maximum atomic E-state index is 11.5. The van der Waals surface area contributed by atoms with Crippen LogP contribution in [0, 0.1) is 12.3 Å². The van der Waals surface area contributed by atoms with Crippen molar-refractivity contribution in [2.24, 2.45) is 0 Å². The minimum atomic E-state index is -3.45. The Morgan fingerprint density at radius 2 is 1.94 bits per heavy atom. The van der Waals surface area contributed by atoms with Crippen LogP contribution >= 0.6 is 0 Å². The molecule has 0 N–H and O–H groups in total. The quantitative estimate of drug-likeness (QED) is 0.579. The van der Waals surface area contributed by atoms with Crippen molar-refractivity contribution in [1.82, 2.24) is 0 Å². The van der Waals surface area contributed by atoms with Crippen molar-refractivity contribution in [2.45, 2.75) is 4.90 Å². The van der Waals surface area contributed by atoms with Crippen LogP contribution in [-0.4, -0.2) is 27.2 Å². The maximum absolute atomic E-state index is 11.5. The Labute approximate surface area is 94.2 Å². The molecule has 0 aliphatic rings. The van der Waals surface area contributed by atoms with E-state index in [1.54, 1.807) is 0 Å². The Balaban J connectivity index is 3.05. The molecule has 0 unspecified atom stereocenters. The molecule has 0 saturated heterocycles. The van der Waals surface area contributed by atoms with Gasteiger partial charge in [0.2, 0.25) is 0 Å². The van der Waals surface area contributed by atoms with Gasteiger partial charge in [0.15, 0.2) is 9.84 Å². The van der Waals surface area contributed by atoms with Crippen LogP contribution in [0.4, 0.5) is 0 Å². The molecule has 0 aliphatic carbocycles. The third kappa shape index (κ3) is 2.61. The highest BCUT2D eigenvalue weighted by Gasteiger charge is 2.13. The lowest BCUT2D eigenvalue weighted by Gasteiger charge is -2.02. The number of carbonyl (C=O) groups excluding carboxylic acids is 1. The summed E-state index contributed by atoms with van der Waals surface area (Å²) in [6.45, 7) is 0. The fourth-order valence-corrected chi connectivity index (χ4v) is 2.05. The summed E-state index contributed by atoms with van der Waals surface area (Å²) in [6, 6.07) is 5.43. The normalized spacial score (nSPS) is 10.5. The number of carbonyl (C=O) groups is 1. The van der Waals surface area contributed by atoms with E-state index in [-0.39, 0.29) is 10.6 Å².